The van der Waals surface area contributed by atoms with Gasteiger partial charge in [0.05, 0.1) is 0 Å². The minimum atomic E-state index is 1.22. The lowest BCUT2D eigenvalue weighted by atomic mass is 9.81. The Balaban J connectivity index is 1.24. The van der Waals surface area contributed by atoms with Crippen LogP contribution in [0.4, 0.5) is 0 Å². The van der Waals surface area contributed by atoms with Gasteiger partial charge in [0.2, 0.25) is 0 Å². The number of fused-ring (bicyclic) bond motifs is 8. The summed E-state index contributed by atoms with van der Waals surface area (Å²) in [6.45, 7) is 0. The first-order valence-electron chi connectivity index (χ1n) is 20.2. The van der Waals surface area contributed by atoms with E-state index in [2.05, 4.69) is 218 Å². The van der Waals surface area contributed by atoms with Gasteiger partial charge in [-0.05, 0) is 139 Å². The van der Waals surface area contributed by atoms with Crippen LogP contribution < -0.4 is 0 Å². The summed E-state index contributed by atoms with van der Waals surface area (Å²) in [5.74, 6) is 0. The minimum Gasteiger partial charge on any atom is -0.0622 e. The lowest BCUT2D eigenvalue weighted by molar-refractivity contribution is 1.60. The first kappa shape index (κ1) is 32.7. The van der Waals surface area contributed by atoms with E-state index in [0.717, 1.165) is 0 Å². The predicted molar refractivity (Wildman–Crippen MR) is 248 cm³/mol. The van der Waals surface area contributed by atoms with Crippen molar-refractivity contribution in [2.75, 3.05) is 0 Å². The van der Waals surface area contributed by atoms with Gasteiger partial charge in [0.15, 0.2) is 0 Å². The van der Waals surface area contributed by atoms with Crippen LogP contribution in [0.15, 0.2) is 218 Å². The molecular formula is C58H36. The van der Waals surface area contributed by atoms with E-state index < -0.39 is 0 Å². The van der Waals surface area contributed by atoms with E-state index >= 15 is 0 Å². The van der Waals surface area contributed by atoms with Crippen LogP contribution in [0.25, 0.3) is 121 Å². The molecule has 0 unspecified atom stereocenters. The largest absolute Gasteiger partial charge is 0.0622 e. The van der Waals surface area contributed by atoms with Gasteiger partial charge in [0.25, 0.3) is 0 Å². The highest BCUT2D eigenvalue weighted by atomic mass is 14.3. The first-order valence-corrected chi connectivity index (χ1v) is 20.2. The Bertz CT molecular complexity index is 3400. The summed E-state index contributed by atoms with van der Waals surface area (Å²) in [4.78, 5) is 0. The zero-order chi connectivity index (χ0) is 38.2. The molecule has 0 aromatic heterocycles. The SMILES string of the molecule is c1ccc(-c2ccc3c(-c4ccccc4)c4c(c(-c5ccccc5)c3c2)-c2cccc3c2c-4cc2c4ccccc4c(-c4ccccc4-c4ccccc4)cc32)cc1. The zero-order valence-electron chi connectivity index (χ0n) is 31.8. The molecule has 268 valence electrons. The molecule has 0 saturated carbocycles. The molecule has 0 spiro atoms. The molecule has 0 N–H and O–H groups in total. The van der Waals surface area contributed by atoms with Gasteiger partial charge in [-0.3, -0.25) is 0 Å². The third kappa shape index (κ3) is 4.89. The summed E-state index contributed by atoms with van der Waals surface area (Å²) >= 11 is 0. The van der Waals surface area contributed by atoms with E-state index in [1.807, 2.05) is 0 Å². The normalized spacial score (nSPS) is 11.8. The Kier molecular flexibility index (Phi) is 7.33. The highest BCUT2D eigenvalue weighted by Crippen LogP contribution is 2.59. The molecule has 0 fully saturated rings. The monoisotopic (exact) mass is 732 g/mol. The van der Waals surface area contributed by atoms with E-state index in [9.17, 15) is 0 Å². The lowest BCUT2D eigenvalue weighted by Gasteiger charge is -2.21. The van der Waals surface area contributed by atoms with E-state index in [1.165, 1.54) is 121 Å². The van der Waals surface area contributed by atoms with Gasteiger partial charge in [-0.15, -0.1) is 0 Å². The van der Waals surface area contributed by atoms with Crippen LogP contribution >= 0.6 is 0 Å². The average molecular weight is 733 g/mol. The number of hydrogen-bond donors (Lipinski definition) is 0. The maximum atomic E-state index is 2.52. The van der Waals surface area contributed by atoms with E-state index in [1.54, 1.807) is 0 Å². The highest BCUT2D eigenvalue weighted by Gasteiger charge is 2.32. The fourth-order valence-electron chi connectivity index (χ4n) is 9.92. The second-order valence-electron chi connectivity index (χ2n) is 15.5. The van der Waals surface area contributed by atoms with Gasteiger partial charge < -0.3 is 0 Å². The van der Waals surface area contributed by atoms with Crippen LogP contribution in [-0.4, -0.2) is 0 Å². The molecule has 11 aromatic carbocycles. The molecule has 11 aromatic rings. The summed E-state index contributed by atoms with van der Waals surface area (Å²) in [6, 6.07) is 80.7. The van der Waals surface area contributed by atoms with Gasteiger partial charge in [-0.2, -0.15) is 0 Å². The van der Waals surface area contributed by atoms with Crippen molar-refractivity contribution in [2.24, 2.45) is 0 Å². The summed E-state index contributed by atoms with van der Waals surface area (Å²) in [7, 11) is 0. The Morgan fingerprint density at radius 3 is 1.34 bits per heavy atom. The van der Waals surface area contributed by atoms with E-state index in [-0.39, 0.29) is 0 Å². The third-order valence-electron chi connectivity index (χ3n) is 12.4. The fourth-order valence-corrected chi connectivity index (χ4v) is 9.92. The smallest absolute Gasteiger partial charge is 0.000719 e. The standard InChI is InChI=1S/C58H36/c1-5-18-37(19-6-1)41-32-33-47-52(34-41)55(40-24-11-4-12-25-40)57-48-31-17-30-46-51-35-49(43-27-14-13-26-42(43)38-20-7-2-8-21-38)44-28-15-16-29-45(44)50(51)36-53(56(46)48)58(57)54(47)39-22-9-3-10-23-39/h1-36H. The van der Waals surface area contributed by atoms with Crippen molar-refractivity contribution in [1.82, 2.24) is 0 Å². The van der Waals surface area contributed by atoms with Gasteiger partial charge in [-0.25, -0.2) is 0 Å². The van der Waals surface area contributed by atoms with Crippen LogP contribution in [0.5, 0.6) is 0 Å². The van der Waals surface area contributed by atoms with Gasteiger partial charge in [-0.1, -0.05) is 200 Å². The first-order chi connectivity index (χ1) is 28.8. The Labute approximate surface area is 337 Å². The molecule has 0 atom stereocenters. The second-order valence-corrected chi connectivity index (χ2v) is 15.5. The topological polar surface area (TPSA) is 0 Å². The predicted octanol–water partition coefficient (Wildman–Crippen LogP) is 16.3. The molecule has 58 heavy (non-hydrogen) atoms. The Hall–Kier alpha value is -7.54. The average Bonchev–Trinajstić information content (AvgIpc) is 3.63. The molecule has 12 rings (SSSR count). The zero-order valence-corrected chi connectivity index (χ0v) is 31.8. The molecule has 0 radical (unpaired) electrons. The molecular weight excluding hydrogens is 697 g/mol. The molecule has 0 aliphatic heterocycles. The molecule has 0 nitrogen and oxygen atoms in total. The maximum absolute atomic E-state index is 2.52. The molecule has 1 aliphatic rings. The van der Waals surface area contributed by atoms with Gasteiger partial charge in [0, 0.05) is 0 Å². The Morgan fingerprint density at radius 2 is 0.655 bits per heavy atom. The molecule has 0 bridgehead atoms. The molecule has 0 saturated heterocycles. The van der Waals surface area contributed by atoms with Crippen molar-refractivity contribution in [3.05, 3.63) is 218 Å². The van der Waals surface area contributed by atoms with Crippen molar-refractivity contribution in [1.29, 1.82) is 0 Å². The van der Waals surface area contributed by atoms with Crippen molar-refractivity contribution >= 4 is 43.1 Å². The maximum Gasteiger partial charge on any atom is -0.000719 e. The van der Waals surface area contributed by atoms with Crippen molar-refractivity contribution < 1.29 is 0 Å². The molecule has 0 amide bonds. The van der Waals surface area contributed by atoms with E-state index in [0.29, 0.717) is 0 Å². The minimum absolute atomic E-state index is 1.22. The van der Waals surface area contributed by atoms with Crippen molar-refractivity contribution in [2.45, 2.75) is 0 Å². The molecule has 0 heteroatoms. The lowest BCUT2D eigenvalue weighted by Crippen LogP contribution is -1.94. The number of rotatable bonds is 5. The van der Waals surface area contributed by atoms with Crippen LogP contribution in [0.2, 0.25) is 0 Å². The quantitative estimate of drug-likeness (QED) is 0.155. The third-order valence-corrected chi connectivity index (χ3v) is 12.4. The van der Waals surface area contributed by atoms with Gasteiger partial charge in [0.1, 0.15) is 0 Å². The summed E-state index contributed by atoms with van der Waals surface area (Å²) in [6.07, 6.45) is 0. The van der Waals surface area contributed by atoms with Crippen LogP contribution in [0.3, 0.4) is 0 Å². The van der Waals surface area contributed by atoms with Crippen LogP contribution in [-0.2, 0) is 0 Å². The second kappa shape index (κ2) is 13.0. The summed E-state index contributed by atoms with van der Waals surface area (Å²) < 4.78 is 0. The van der Waals surface area contributed by atoms with Crippen molar-refractivity contribution in [3.63, 3.8) is 0 Å². The van der Waals surface area contributed by atoms with Crippen LogP contribution in [0.1, 0.15) is 0 Å². The highest BCUT2D eigenvalue weighted by molar-refractivity contribution is 6.33. The number of benzene rings is 11. The van der Waals surface area contributed by atoms with Crippen molar-refractivity contribution in [3.8, 4) is 77.9 Å². The van der Waals surface area contributed by atoms with E-state index in [4.69, 9.17) is 0 Å². The van der Waals surface area contributed by atoms with Crippen LogP contribution in [0, 0.1) is 0 Å². The molecule has 0 heterocycles. The van der Waals surface area contributed by atoms with Gasteiger partial charge >= 0.3 is 0 Å². The fraction of sp³-hybridized carbons (Fsp3) is 0. The summed E-state index contributed by atoms with van der Waals surface area (Å²) in [5, 5.41) is 10.2. The number of hydrogen-bond acceptors (Lipinski definition) is 0. The Morgan fingerprint density at radius 1 is 0.172 bits per heavy atom. The molecule has 1 aliphatic carbocycles. The summed E-state index contributed by atoms with van der Waals surface area (Å²) in [5.41, 5.74) is 17.7.